The summed E-state index contributed by atoms with van der Waals surface area (Å²) in [6.07, 6.45) is 3.95. The lowest BCUT2D eigenvalue weighted by atomic mass is 10.0. The van der Waals surface area contributed by atoms with E-state index in [0.717, 1.165) is 21.2 Å². The number of nitrogens with zero attached hydrogens (tertiary/aromatic N) is 2. The third-order valence-electron chi connectivity index (χ3n) is 4.91. The Hall–Kier alpha value is -2.99. The fourth-order valence-electron chi connectivity index (χ4n) is 3.38. The SMILES string of the molecule is CN1C(=O)C(Cc2ccc(-c3ccncc3)cc2)NC(=O)c2cc(Br)ccc21. The van der Waals surface area contributed by atoms with E-state index in [1.54, 1.807) is 36.5 Å². The first kappa shape index (κ1) is 18.4. The third-order valence-corrected chi connectivity index (χ3v) is 5.40. The maximum absolute atomic E-state index is 12.9. The Morgan fingerprint density at radius 1 is 1.00 bits per heavy atom. The molecular formula is C22H18BrN3O2. The highest BCUT2D eigenvalue weighted by atomic mass is 79.9. The van der Waals surface area contributed by atoms with Crippen molar-refractivity contribution in [3.8, 4) is 11.1 Å². The maximum Gasteiger partial charge on any atom is 0.254 e. The highest BCUT2D eigenvalue weighted by Gasteiger charge is 2.31. The van der Waals surface area contributed by atoms with E-state index in [1.807, 2.05) is 42.5 Å². The standard InChI is InChI=1S/C22H18BrN3O2/c1-26-20-7-6-17(23)13-18(20)21(27)25-19(22(26)28)12-14-2-4-15(5-3-14)16-8-10-24-11-9-16/h2-11,13,19H,12H2,1H3,(H,25,27). The smallest absolute Gasteiger partial charge is 0.254 e. The topological polar surface area (TPSA) is 62.3 Å². The number of rotatable bonds is 3. The van der Waals surface area contributed by atoms with Crippen molar-refractivity contribution >= 4 is 33.4 Å². The first-order chi connectivity index (χ1) is 13.5. The van der Waals surface area contributed by atoms with Gasteiger partial charge in [0.25, 0.3) is 5.91 Å². The monoisotopic (exact) mass is 435 g/mol. The Labute approximate surface area is 171 Å². The van der Waals surface area contributed by atoms with E-state index >= 15 is 0 Å². The molecule has 1 unspecified atom stereocenters. The lowest BCUT2D eigenvalue weighted by molar-refractivity contribution is -0.120. The second-order valence-electron chi connectivity index (χ2n) is 6.72. The predicted molar refractivity (Wildman–Crippen MR) is 112 cm³/mol. The number of anilines is 1. The second kappa shape index (κ2) is 7.56. The highest BCUT2D eigenvalue weighted by Crippen LogP contribution is 2.27. The summed E-state index contributed by atoms with van der Waals surface area (Å²) in [6, 6.07) is 16.6. The number of aromatic nitrogens is 1. The number of nitrogens with one attached hydrogen (secondary N) is 1. The van der Waals surface area contributed by atoms with Crippen molar-refractivity contribution in [2.75, 3.05) is 11.9 Å². The van der Waals surface area contributed by atoms with Crippen LogP contribution in [0.15, 0.2) is 71.5 Å². The molecule has 0 bridgehead atoms. The summed E-state index contributed by atoms with van der Waals surface area (Å²) >= 11 is 3.39. The van der Waals surface area contributed by atoms with Crippen LogP contribution in [0.4, 0.5) is 5.69 Å². The van der Waals surface area contributed by atoms with Crippen LogP contribution in [0, 0.1) is 0 Å². The van der Waals surface area contributed by atoms with Crippen LogP contribution in [0.5, 0.6) is 0 Å². The zero-order chi connectivity index (χ0) is 19.7. The first-order valence-electron chi connectivity index (χ1n) is 8.90. The van der Waals surface area contributed by atoms with Crippen LogP contribution in [-0.4, -0.2) is 29.9 Å². The minimum atomic E-state index is -0.615. The van der Waals surface area contributed by atoms with Crippen molar-refractivity contribution in [2.24, 2.45) is 0 Å². The van der Waals surface area contributed by atoms with Crippen LogP contribution >= 0.6 is 15.9 Å². The van der Waals surface area contributed by atoms with Crippen molar-refractivity contribution in [1.29, 1.82) is 0 Å². The number of hydrogen-bond acceptors (Lipinski definition) is 3. The Balaban J connectivity index is 1.57. The summed E-state index contributed by atoms with van der Waals surface area (Å²) in [5.74, 6) is -0.375. The molecule has 1 aliphatic heterocycles. The molecule has 4 rings (SSSR count). The molecule has 2 heterocycles. The van der Waals surface area contributed by atoms with Gasteiger partial charge in [0.05, 0.1) is 11.3 Å². The fraction of sp³-hybridized carbons (Fsp3) is 0.136. The molecule has 1 atom stereocenters. The number of hydrogen-bond donors (Lipinski definition) is 1. The van der Waals surface area contributed by atoms with Crippen LogP contribution in [-0.2, 0) is 11.2 Å². The van der Waals surface area contributed by atoms with Gasteiger partial charge in [-0.2, -0.15) is 0 Å². The maximum atomic E-state index is 12.9. The molecule has 6 heteroatoms. The molecule has 0 spiro atoms. The number of benzene rings is 2. The van der Waals surface area contributed by atoms with Crippen molar-refractivity contribution in [3.63, 3.8) is 0 Å². The van der Waals surface area contributed by atoms with Crippen LogP contribution in [0.25, 0.3) is 11.1 Å². The van der Waals surface area contributed by atoms with Gasteiger partial charge < -0.3 is 10.2 Å². The lowest BCUT2D eigenvalue weighted by Gasteiger charge is -2.21. The molecule has 0 saturated heterocycles. The molecule has 2 aromatic carbocycles. The van der Waals surface area contributed by atoms with Crippen molar-refractivity contribution in [1.82, 2.24) is 10.3 Å². The van der Waals surface area contributed by atoms with Gasteiger partial charge in [0.15, 0.2) is 0 Å². The number of fused-ring (bicyclic) bond motifs is 1. The largest absolute Gasteiger partial charge is 0.340 e. The van der Waals surface area contributed by atoms with Gasteiger partial charge in [-0.1, -0.05) is 40.2 Å². The summed E-state index contributed by atoms with van der Waals surface area (Å²) in [5, 5.41) is 2.88. The summed E-state index contributed by atoms with van der Waals surface area (Å²) in [7, 11) is 1.70. The van der Waals surface area contributed by atoms with Gasteiger partial charge in [-0.3, -0.25) is 14.6 Å². The van der Waals surface area contributed by atoms with E-state index in [1.165, 1.54) is 0 Å². The first-order valence-corrected chi connectivity index (χ1v) is 9.69. The van der Waals surface area contributed by atoms with E-state index in [2.05, 4.69) is 26.2 Å². The molecule has 0 radical (unpaired) electrons. The summed E-state index contributed by atoms with van der Waals surface area (Å²) in [5.41, 5.74) is 4.25. The van der Waals surface area contributed by atoms with Crippen LogP contribution in [0.1, 0.15) is 15.9 Å². The van der Waals surface area contributed by atoms with Gasteiger partial charge in [0, 0.05) is 30.3 Å². The van der Waals surface area contributed by atoms with Crippen molar-refractivity contribution in [2.45, 2.75) is 12.5 Å². The molecule has 2 amide bonds. The third kappa shape index (κ3) is 3.55. The zero-order valence-electron chi connectivity index (χ0n) is 15.2. The molecule has 5 nitrogen and oxygen atoms in total. The molecule has 3 aromatic rings. The number of pyridine rings is 1. The minimum Gasteiger partial charge on any atom is -0.340 e. The molecule has 0 saturated carbocycles. The second-order valence-corrected chi connectivity index (χ2v) is 7.64. The quantitative estimate of drug-likeness (QED) is 0.679. The summed E-state index contributed by atoms with van der Waals surface area (Å²) in [4.78, 5) is 31.2. The van der Waals surface area contributed by atoms with E-state index in [-0.39, 0.29) is 11.8 Å². The molecule has 1 aliphatic rings. The van der Waals surface area contributed by atoms with Gasteiger partial charge in [0.1, 0.15) is 6.04 Å². The average molecular weight is 436 g/mol. The summed E-state index contributed by atoms with van der Waals surface area (Å²) in [6.45, 7) is 0. The predicted octanol–water partition coefficient (Wildman–Crippen LogP) is 3.83. The zero-order valence-corrected chi connectivity index (χ0v) is 16.8. The number of likely N-dealkylation sites (N-methyl/N-ethyl adjacent to an activating group) is 1. The Bertz CT molecular complexity index is 1040. The minimum absolute atomic E-state index is 0.132. The number of carbonyl (C=O) groups is 2. The molecule has 1 N–H and O–H groups in total. The number of halogens is 1. The molecule has 0 fully saturated rings. The molecular weight excluding hydrogens is 418 g/mol. The lowest BCUT2D eigenvalue weighted by Crippen LogP contribution is -2.45. The van der Waals surface area contributed by atoms with Gasteiger partial charge >= 0.3 is 0 Å². The van der Waals surface area contributed by atoms with Gasteiger partial charge in [0.2, 0.25) is 5.91 Å². The van der Waals surface area contributed by atoms with Crippen LogP contribution in [0.3, 0.4) is 0 Å². The molecule has 140 valence electrons. The van der Waals surface area contributed by atoms with Gasteiger partial charge in [-0.05, 0) is 47.0 Å². The Morgan fingerprint density at radius 2 is 1.68 bits per heavy atom. The van der Waals surface area contributed by atoms with Crippen molar-refractivity contribution < 1.29 is 9.59 Å². The van der Waals surface area contributed by atoms with E-state index in [9.17, 15) is 9.59 Å². The molecule has 28 heavy (non-hydrogen) atoms. The number of amides is 2. The van der Waals surface area contributed by atoms with Gasteiger partial charge in [-0.25, -0.2) is 0 Å². The van der Waals surface area contributed by atoms with E-state index in [0.29, 0.717) is 17.7 Å². The molecule has 1 aromatic heterocycles. The van der Waals surface area contributed by atoms with Crippen molar-refractivity contribution in [3.05, 3.63) is 82.6 Å². The van der Waals surface area contributed by atoms with E-state index < -0.39 is 6.04 Å². The Kier molecular flexibility index (Phi) is 4.96. The van der Waals surface area contributed by atoms with Crippen LogP contribution in [0.2, 0.25) is 0 Å². The Morgan fingerprint density at radius 3 is 2.39 bits per heavy atom. The number of carbonyl (C=O) groups excluding carboxylic acids is 2. The normalized spacial score (nSPS) is 16.4. The van der Waals surface area contributed by atoms with E-state index in [4.69, 9.17) is 0 Å². The van der Waals surface area contributed by atoms with Crippen LogP contribution < -0.4 is 10.2 Å². The van der Waals surface area contributed by atoms with Gasteiger partial charge in [-0.15, -0.1) is 0 Å². The fourth-order valence-corrected chi connectivity index (χ4v) is 3.75. The average Bonchev–Trinajstić information content (AvgIpc) is 2.80. The molecule has 0 aliphatic carbocycles. The highest BCUT2D eigenvalue weighted by molar-refractivity contribution is 9.10. The summed E-state index contributed by atoms with van der Waals surface area (Å²) < 4.78 is 0.799.